The minimum atomic E-state index is 0.0135. The van der Waals surface area contributed by atoms with E-state index in [-0.39, 0.29) is 6.04 Å². The Kier molecular flexibility index (Phi) is 3.64. The van der Waals surface area contributed by atoms with Crippen molar-refractivity contribution in [1.29, 1.82) is 0 Å². The summed E-state index contributed by atoms with van der Waals surface area (Å²) in [5.41, 5.74) is 8.48. The second-order valence-corrected chi connectivity index (χ2v) is 6.31. The lowest BCUT2D eigenvalue weighted by Gasteiger charge is -2.12. The highest BCUT2D eigenvalue weighted by atomic mass is 79.9. The van der Waals surface area contributed by atoms with Gasteiger partial charge in [-0.1, -0.05) is 12.1 Å². The molecule has 4 heteroatoms. The van der Waals surface area contributed by atoms with Gasteiger partial charge in [0.15, 0.2) is 0 Å². The molecular weight excluding hydrogens is 320 g/mol. The summed E-state index contributed by atoms with van der Waals surface area (Å²) in [6.07, 6.45) is 2.66. The van der Waals surface area contributed by atoms with Gasteiger partial charge >= 0.3 is 0 Å². The molecule has 0 spiro atoms. The maximum atomic E-state index is 6.31. The smallest absolute Gasteiger partial charge is 0.0702 e. The molecule has 19 heavy (non-hydrogen) atoms. The quantitative estimate of drug-likeness (QED) is 0.776. The van der Waals surface area contributed by atoms with Crippen molar-refractivity contribution in [2.45, 2.75) is 12.5 Å². The Bertz CT molecular complexity index is 708. The molecule has 1 aromatic carbocycles. The zero-order valence-corrected chi connectivity index (χ0v) is 12.6. The van der Waals surface area contributed by atoms with E-state index in [1.807, 2.05) is 18.3 Å². The van der Waals surface area contributed by atoms with E-state index in [2.05, 4.69) is 50.6 Å². The van der Waals surface area contributed by atoms with E-state index in [0.29, 0.717) is 0 Å². The van der Waals surface area contributed by atoms with Crippen molar-refractivity contribution in [3.8, 4) is 0 Å². The van der Waals surface area contributed by atoms with Gasteiger partial charge in [0.05, 0.1) is 5.52 Å². The van der Waals surface area contributed by atoms with E-state index < -0.39 is 0 Å². The lowest BCUT2D eigenvalue weighted by atomic mass is 10.0. The van der Waals surface area contributed by atoms with Gasteiger partial charge in [-0.25, -0.2) is 0 Å². The number of pyridine rings is 1. The van der Waals surface area contributed by atoms with Crippen molar-refractivity contribution in [1.82, 2.24) is 4.98 Å². The predicted molar refractivity (Wildman–Crippen MR) is 84.4 cm³/mol. The lowest BCUT2D eigenvalue weighted by Crippen LogP contribution is -2.12. The molecule has 0 bridgehead atoms. The van der Waals surface area contributed by atoms with Crippen LogP contribution in [-0.4, -0.2) is 4.98 Å². The second-order valence-electron chi connectivity index (χ2n) is 4.46. The summed E-state index contributed by atoms with van der Waals surface area (Å²) >= 11 is 5.29. The van der Waals surface area contributed by atoms with Crippen LogP contribution in [0.15, 0.2) is 52.4 Å². The summed E-state index contributed by atoms with van der Waals surface area (Å²) in [6, 6.07) is 12.3. The third-order valence-electron chi connectivity index (χ3n) is 3.15. The first kappa shape index (κ1) is 12.8. The highest BCUT2D eigenvalue weighted by molar-refractivity contribution is 9.10. The van der Waals surface area contributed by atoms with Crippen LogP contribution in [0.3, 0.4) is 0 Å². The van der Waals surface area contributed by atoms with Gasteiger partial charge in [0.2, 0.25) is 0 Å². The van der Waals surface area contributed by atoms with Crippen molar-refractivity contribution < 1.29 is 0 Å². The predicted octanol–water partition coefficient (Wildman–Crippen LogP) is 4.30. The van der Waals surface area contributed by atoms with Crippen LogP contribution in [0.1, 0.15) is 16.5 Å². The molecule has 1 atom stereocenters. The van der Waals surface area contributed by atoms with E-state index >= 15 is 0 Å². The van der Waals surface area contributed by atoms with E-state index in [0.717, 1.165) is 27.4 Å². The van der Waals surface area contributed by atoms with Gasteiger partial charge in [-0.2, -0.15) is 0 Å². The number of benzene rings is 1. The van der Waals surface area contributed by atoms with E-state index in [1.165, 1.54) is 4.88 Å². The molecule has 0 amide bonds. The Hall–Kier alpha value is -1.23. The van der Waals surface area contributed by atoms with Gasteiger partial charge < -0.3 is 5.73 Å². The van der Waals surface area contributed by atoms with Crippen molar-refractivity contribution in [3.63, 3.8) is 0 Å². The molecule has 3 aromatic rings. The number of aromatic nitrogens is 1. The third-order valence-corrected chi connectivity index (χ3v) is 5.10. The van der Waals surface area contributed by atoms with E-state index in [1.54, 1.807) is 11.3 Å². The van der Waals surface area contributed by atoms with Gasteiger partial charge in [-0.3, -0.25) is 4.98 Å². The molecule has 0 radical (unpaired) electrons. The molecule has 2 aromatic heterocycles. The van der Waals surface area contributed by atoms with Crippen LogP contribution in [0.2, 0.25) is 0 Å². The Balaban J connectivity index is 1.89. The topological polar surface area (TPSA) is 38.9 Å². The van der Waals surface area contributed by atoms with Crippen LogP contribution < -0.4 is 5.73 Å². The highest BCUT2D eigenvalue weighted by Crippen LogP contribution is 2.28. The summed E-state index contributed by atoms with van der Waals surface area (Å²) < 4.78 is 1.15. The third kappa shape index (κ3) is 2.71. The molecule has 2 heterocycles. The normalized spacial score (nSPS) is 12.7. The summed E-state index contributed by atoms with van der Waals surface area (Å²) in [6.45, 7) is 0. The molecule has 2 nitrogen and oxygen atoms in total. The monoisotopic (exact) mass is 332 g/mol. The maximum absolute atomic E-state index is 6.31. The summed E-state index contributed by atoms with van der Waals surface area (Å²) in [5, 5.41) is 3.22. The van der Waals surface area contributed by atoms with Crippen molar-refractivity contribution in [3.05, 3.63) is 62.9 Å². The van der Waals surface area contributed by atoms with E-state index in [9.17, 15) is 0 Å². The zero-order chi connectivity index (χ0) is 13.2. The second kappa shape index (κ2) is 5.41. The molecule has 96 valence electrons. The molecule has 3 rings (SSSR count). The van der Waals surface area contributed by atoms with Crippen LogP contribution in [0, 0.1) is 0 Å². The maximum Gasteiger partial charge on any atom is 0.0702 e. The number of halogens is 1. The summed E-state index contributed by atoms with van der Waals surface area (Å²) in [7, 11) is 0. The molecule has 0 fully saturated rings. The Morgan fingerprint density at radius 3 is 2.95 bits per heavy atom. The fourth-order valence-corrected chi connectivity index (χ4v) is 3.69. The standard InChI is InChI=1S/C15H13BrN2S/c16-12-5-7-19-15(12)9-13(17)10-3-4-14-11(8-10)2-1-6-18-14/h1-8,13H,9,17H2. The fourth-order valence-electron chi connectivity index (χ4n) is 2.11. The zero-order valence-electron chi connectivity index (χ0n) is 10.2. The first-order valence-electron chi connectivity index (χ1n) is 6.06. The molecule has 0 aliphatic carbocycles. The number of nitrogens with two attached hydrogens (primary N) is 1. The molecule has 1 unspecified atom stereocenters. The number of rotatable bonds is 3. The SMILES string of the molecule is NC(Cc1sccc1Br)c1ccc2ncccc2c1. The molecular formula is C15H13BrN2S. The van der Waals surface area contributed by atoms with Crippen LogP contribution in [-0.2, 0) is 6.42 Å². The minimum absolute atomic E-state index is 0.0135. The van der Waals surface area contributed by atoms with Crippen LogP contribution >= 0.6 is 27.3 Å². The Morgan fingerprint density at radius 1 is 1.26 bits per heavy atom. The van der Waals surface area contributed by atoms with Gasteiger partial charge in [0, 0.05) is 33.4 Å². The molecule has 0 aliphatic rings. The highest BCUT2D eigenvalue weighted by Gasteiger charge is 2.11. The van der Waals surface area contributed by atoms with Crippen molar-refractivity contribution in [2.75, 3.05) is 0 Å². The summed E-state index contributed by atoms with van der Waals surface area (Å²) in [5.74, 6) is 0. The number of hydrogen-bond donors (Lipinski definition) is 1. The molecule has 0 saturated carbocycles. The van der Waals surface area contributed by atoms with Gasteiger partial charge in [0.25, 0.3) is 0 Å². The lowest BCUT2D eigenvalue weighted by molar-refractivity contribution is 0.729. The number of fused-ring (bicyclic) bond motifs is 1. The Morgan fingerprint density at radius 2 is 2.16 bits per heavy atom. The molecule has 0 aliphatic heterocycles. The average Bonchev–Trinajstić information content (AvgIpc) is 2.84. The fraction of sp³-hybridized carbons (Fsp3) is 0.133. The van der Waals surface area contributed by atoms with Crippen LogP contribution in [0.5, 0.6) is 0 Å². The minimum Gasteiger partial charge on any atom is -0.324 e. The number of thiophene rings is 1. The van der Waals surface area contributed by atoms with Crippen molar-refractivity contribution in [2.24, 2.45) is 5.73 Å². The number of nitrogens with zero attached hydrogens (tertiary/aromatic N) is 1. The number of hydrogen-bond acceptors (Lipinski definition) is 3. The first-order valence-corrected chi connectivity index (χ1v) is 7.73. The first-order chi connectivity index (χ1) is 9.24. The molecule has 0 saturated heterocycles. The average molecular weight is 333 g/mol. The van der Waals surface area contributed by atoms with Gasteiger partial charge in [0.1, 0.15) is 0 Å². The van der Waals surface area contributed by atoms with Crippen LogP contribution in [0.25, 0.3) is 10.9 Å². The molecule has 2 N–H and O–H groups in total. The largest absolute Gasteiger partial charge is 0.324 e. The summed E-state index contributed by atoms with van der Waals surface area (Å²) in [4.78, 5) is 5.62. The van der Waals surface area contributed by atoms with Crippen molar-refractivity contribution >= 4 is 38.2 Å². The van der Waals surface area contributed by atoms with E-state index in [4.69, 9.17) is 5.73 Å². The van der Waals surface area contributed by atoms with Gasteiger partial charge in [-0.15, -0.1) is 11.3 Å². The Labute approximate surface area is 124 Å². The van der Waals surface area contributed by atoms with Crippen LogP contribution in [0.4, 0.5) is 0 Å². The van der Waals surface area contributed by atoms with Gasteiger partial charge in [-0.05, 0) is 51.1 Å².